The molecule has 26 heavy (non-hydrogen) atoms. The Morgan fingerprint density at radius 1 is 0.846 bits per heavy atom. The number of hydrogen-bond acceptors (Lipinski definition) is 2. The molecule has 5 heteroatoms. The third-order valence-corrected chi connectivity index (χ3v) is 4.02. The zero-order valence-corrected chi connectivity index (χ0v) is 13.7. The number of halogens is 3. The molecular formula is C21H15F3N2. The summed E-state index contributed by atoms with van der Waals surface area (Å²) in [4.78, 5) is 0. The second kappa shape index (κ2) is 7.32. The molecule has 0 amide bonds. The van der Waals surface area contributed by atoms with Crippen molar-refractivity contribution >= 4 is 5.69 Å². The quantitative estimate of drug-likeness (QED) is 0.639. The van der Waals surface area contributed by atoms with Crippen molar-refractivity contribution in [3.05, 3.63) is 89.5 Å². The highest BCUT2D eigenvalue weighted by Gasteiger charge is 2.29. The molecule has 0 fully saturated rings. The van der Waals surface area contributed by atoms with Gasteiger partial charge in [-0.3, -0.25) is 0 Å². The Kier molecular flexibility index (Phi) is 4.94. The fourth-order valence-electron chi connectivity index (χ4n) is 2.62. The summed E-state index contributed by atoms with van der Waals surface area (Å²) in [7, 11) is 0. The van der Waals surface area contributed by atoms with Crippen LogP contribution in [-0.4, -0.2) is 0 Å². The number of nitrogens with zero attached hydrogens (tertiary/aromatic N) is 1. The van der Waals surface area contributed by atoms with Crippen molar-refractivity contribution in [2.45, 2.75) is 12.7 Å². The molecule has 3 aromatic carbocycles. The summed E-state index contributed by atoms with van der Waals surface area (Å²) in [6.07, 6.45) is -4.33. The minimum absolute atomic E-state index is 0.492. The van der Waals surface area contributed by atoms with Crippen LogP contribution < -0.4 is 5.32 Å². The topological polar surface area (TPSA) is 35.8 Å². The molecule has 0 aliphatic heterocycles. The number of nitriles is 1. The molecule has 3 aromatic rings. The second-order valence-electron chi connectivity index (χ2n) is 5.78. The lowest BCUT2D eigenvalue weighted by Crippen LogP contribution is -2.05. The summed E-state index contributed by atoms with van der Waals surface area (Å²) in [6.45, 7) is 0.492. The van der Waals surface area contributed by atoms with Crippen molar-refractivity contribution in [2.24, 2.45) is 0 Å². The van der Waals surface area contributed by atoms with E-state index in [-0.39, 0.29) is 0 Å². The van der Waals surface area contributed by atoms with E-state index in [0.717, 1.165) is 28.8 Å². The normalized spacial score (nSPS) is 11.0. The predicted octanol–water partition coefficient (Wildman–Crippen LogP) is 5.86. The third-order valence-electron chi connectivity index (χ3n) is 4.02. The lowest BCUT2D eigenvalue weighted by Gasteiger charge is -2.10. The van der Waals surface area contributed by atoms with Crippen molar-refractivity contribution in [2.75, 3.05) is 5.32 Å². The zero-order valence-electron chi connectivity index (χ0n) is 13.7. The van der Waals surface area contributed by atoms with E-state index < -0.39 is 11.7 Å². The SMILES string of the molecule is N#Cc1ccccc1-c1ccc(CNc2ccc(C(F)(F)F)cc2)cc1. The number of hydrogen-bond donors (Lipinski definition) is 1. The van der Waals surface area contributed by atoms with Crippen LogP contribution in [0.2, 0.25) is 0 Å². The van der Waals surface area contributed by atoms with Crippen molar-refractivity contribution in [1.29, 1.82) is 5.26 Å². The number of anilines is 1. The molecular weight excluding hydrogens is 337 g/mol. The first-order valence-corrected chi connectivity index (χ1v) is 7.97. The smallest absolute Gasteiger partial charge is 0.381 e. The number of alkyl halides is 3. The van der Waals surface area contributed by atoms with E-state index in [1.807, 2.05) is 42.5 Å². The Morgan fingerprint density at radius 2 is 1.50 bits per heavy atom. The van der Waals surface area contributed by atoms with Gasteiger partial charge in [-0.05, 0) is 47.0 Å². The summed E-state index contributed by atoms with van der Waals surface area (Å²) in [5.74, 6) is 0. The summed E-state index contributed by atoms with van der Waals surface area (Å²) in [6, 6.07) is 22.2. The van der Waals surface area contributed by atoms with Gasteiger partial charge >= 0.3 is 6.18 Å². The molecule has 2 nitrogen and oxygen atoms in total. The minimum Gasteiger partial charge on any atom is -0.381 e. The molecule has 0 bridgehead atoms. The van der Waals surface area contributed by atoms with Crippen molar-refractivity contribution in [3.8, 4) is 17.2 Å². The van der Waals surface area contributed by atoms with E-state index in [4.69, 9.17) is 0 Å². The lowest BCUT2D eigenvalue weighted by molar-refractivity contribution is -0.137. The maximum atomic E-state index is 12.6. The van der Waals surface area contributed by atoms with Crippen LogP contribution in [-0.2, 0) is 12.7 Å². The van der Waals surface area contributed by atoms with Gasteiger partial charge < -0.3 is 5.32 Å². The van der Waals surface area contributed by atoms with Crippen LogP contribution in [0, 0.1) is 11.3 Å². The Morgan fingerprint density at radius 3 is 2.12 bits per heavy atom. The van der Waals surface area contributed by atoms with Gasteiger partial charge in [0.15, 0.2) is 0 Å². The van der Waals surface area contributed by atoms with Gasteiger partial charge in [0, 0.05) is 12.2 Å². The Balaban J connectivity index is 1.68. The third kappa shape index (κ3) is 4.04. The highest BCUT2D eigenvalue weighted by atomic mass is 19.4. The number of rotatable bonds is 4. The molecule has 130 valence electrons. The largest absolute Gasteiger partial charge is 0.416 e. The first kappa shape index (κ1) is 17.6. The van der Waals surface area contributed by atoms with Gasteiger partial charge in [-0.1, -0.05) is 42.5 Å². The van der Waals surface area contributed by atoms with Gasteiger partial charge in [0.05, 0.1) is 17.2 Å². The monoisotopic (exact) mass is 352 g/mol. The summed E-state index contributed by atoms with van der Waals surface area (Å²) >= 11 is 0. The fourth-order valence-corrected chi connectivity index (χ4v) is 2.62. The lowest BCUT2D eigenvalue weighted by atomic mass is 9.99. The Labute approximate surface area is 149 Å². The van der Waals surface area contributed by atoms with E-state index in [0.29, 0.717) is 17.8 Å². The summed E-state index contributed by atoms with van der Waals surface area (Å²) in [5.41, 5.74) is 3.38. The molecule has 0 radical (unpaired) electrons. The molecule has 0 aromatic heterocycles. The standard InChI is InChI=1S/C21H15F3N2/c22-21(23,24)18-9-11-19(12-10-18)26-14-15-5-7-16(8-6-15)20-4-2-1-3-17(20)13-25/h1-12,26H,14H2. The fraction of sp³-hybridized carbons (Fsp3) is 0.0952. The molecule has 0 atom stereocenters. The molecule has 0 spiro atoms. The zero-order chi connectivity index (χ0) is 18.6. The summed E-state index contributed by atoms with van der Waals surface area (Å²) in [5, 5.41) is 12.3. The van der Waals surface area contributed by atoms with E-state index in [1.165, 1.54) is 12.1 Å². The van der Waals surface area contributed by atoms with Crippen molar-refractivity contribution in [1.82, 2.24) is 0 Å². The van der Waals surface area contributed by atoms with Gasteiger partial charge in [-0.25, -0.2) is 0 Å². The summed E-state index contributed by atoms with van der Waals surface area (Å²) < 4.78 is 37.7. The average Bonchev–Trinajstić information content (AvgIpc) is 2.66. The van der Waals surface area contributed by atoms with Crippen LogP contribution in [0.15, 0.2) is 72.8 Å². The van der Waals surface area contributed by atoms with Crippen LogP contribution >= 0.6 is 0 Å². The van der Waals surface area contributed by atoms with Crippen molar-refractivity contribution in [3.63, 3.8) is 0 Å². The van der Waals surface area contributed by atoms with Gasteiger partial charge in [0.1, 0.15) is 0 Å². The molecule has 1 N–H and O–H groups in total. The predicted molar refractivity (Wildman–Crippen MR) is 95.4 cm³/mol. The molecule has 0 aliphatic rings. The van der Waals surface area contributed by atoms with Gasteiger partial charge in [0.2, 0.25) is 0 Å². The van der Waals surface area contributed by atoms with E-state index in [2.05, 4.69) is 11.4 Å². The van der Waals surface area contributed by atoms with Crippen molar-refractivity contribution < 1.29 is 13.2 Å². The van der Waals surface area contributed by atoms with Crippen LogP contribution in [0.1, 0.15) is 16.7 Å². The first-order chi connectivity index (χ1) is 12.5. The van der Waals surface area contributed by atoms with Gasteiger partial charge in [0.25, 0.3) is 0 Å². The maximum absolute atomic E-state index is 12.6. The van der Waals surface area contributed by atoms with Crippen LogP contribution in [0.3, 0.4) is 0 Å². The van der Waals surface area contributed by atoms with Crippen LogP contribution in [0.4, 0.5) is 18.9 Å². The molecule has 0 aliphatic carbocycles. The van der Waals surface area contributed by atoms with E-state index in [1.54, 1.807) is 6.07 Å². The van der Waals surface area contributed by atoms with Crippen LogP contribution in [0.25, 0.3) is 11.1 Å². The van der Waals surface area contributed by atoms with Crippen LogP contribution in [0.5, 0.6) is 0 Å². The first-order valence-electron chi connectivity index (χ1n) is 7.97. The molecule has 0 saturated carbocycles. The van der Waals surface area contributed by atoms with E-state index >= 15 is 0 Å². The second-order valence-corrected chi connectivity index (χ2v) is 5.78. The molecule has 3 rings (SSSR count). The highest BCUT2D eigenvalue weighted by Crippen LogP contribution is 2.30. The average molecular weight is 352 g/mol. The maximum Gasteiger partial charge on any atom is 0.416 e. The number of benzene rings is 3. The molecule has 0 unspecified atom stereocenters. The molecule has 0 heterocycles. The molecule has 0 saturated heterocycles. The van der Waals surface area contributed by atoms with Gasteiger partial charge in [-0.15, -0.1) is 0 Å². The van der Waals surface area contributed by atoms with E-state index in [9.17, 15) is 18.4 Å². The Bertz CT molecular complexity index is 921. The van der Waals surface area contributed by atoms with Gasteiger partial charge in [-0.2, -0.15) is 18.4 Å². The highest BCUT2D eigenvalue weighted by molar-refractivity contribution is 5.70. The number of nitrogens with one attached hydrogen (secondary N) is 1. The Hall–Kier alpha value is -3.26. The minimum atomic E-state index is -4.33.